The van der Waals surface area contributed by atoms with Gasteiger partial charge in [0.15, 0.2) is 0 Å². The van der Waals surface area contributed by atoms with Crippen molar-refractivity contribution >= 4 is 23.4 Å². The lowest BCUT2D eigenvalue weighted by molar-refractivity contribution is -0.120. The Hall–Kier alpha value is -3.21. The summed E-state index contributed by atoms with van der Waals surface area (Å²) in [5.74, 6) is -0.432. The number of amides is 1. The molecule has 0 unspecified atom stereocenters. The predicted octanol–water partition coefficient (Wildman–Crippen LogP) is 5.23. The molecule has 1 aliphatic carbocycles. The average molecular weight is 507 g/mol. The van der Waals surface area contributed by atoms with Gasteiger partial charge in [-0.2, -0.15) is 13.2 Å². The molecular formula is C24H25F3N4O3S. The summed E-state index contributed by atoms with van der Waals surface area (Å²) >= 11 is -0.256. The molecule has 0 aliphatic heterocycles. The van der Waals surface area contributed by atoms with E-state index in [0.29, 0.717) is 11.3 Å². The van der Waals surface area contributed by atoms with Gasteiger partial charge in [0.1, 0.15) is 0 Å². The Labute approximate surface area is 204 Å². The van der Waals surface area contributed by atoms with Crippen LogP contribution >= 0.6 is 11.8 Å². The fourth-order valence-corrected chi connectivity index (χ4v) is 4.84. The lowest BCUT2D eigenvalue weighted by Gasteiger charge is -2.21. The number of anilines is 1. The van der Waals surface area contributed by atoms with Crippen molar-refractivity contribution in [3.05, 3.63) is 64.5 Å². The van der Waals surface area contributed by atoms with Gasteiger partial charge in [0.25, 0.3) is 0 Å². The van der Waals surface area contributed by atoms with E-state index >= 15 is 0 Å². The summed E-state index contributed by atoms with van der Waals surface area (Å²) < 4.78 is 40.2. The van der Waals surface area contributed by atoms with E-state index in [1.54, 1.807) is 19.2 Å². The molecule has 35 heavy (non-hydrogen) atoms. The Balaban J connectivity index is 1.59. The van der Waals surface area contributed by atoms with Crippen molar-refractivity contribution in [3.63, 3.8) is 0 Å². The molecule has 0 radical (unpaired) electrons. The summed E-state index contributed by atoms with van der Waals surface area (Å²) in [5, 5.41) is 13.6. The number of hydrogen-bond donors (Lipinski definition) is 2. The highest BCUT2D eigenvalue weighted by atomic mass is 32.2. The lowest BCUT2D eigenvalue weighted by atomic mass is 9.88. The lowest BCUT2D eigenvalue weighted by Crippen LogP contribution is -2.27. The normalized spacial score (nSPS) is 14.7. The number of nitrogens with zero attached hydrogens (tertiary/aromatic N) is 3. The van der Waals surface area contributed by atoms with Gasteiger partial charge >= 0.3 is 11.2 Å². The van der Waals surface area contributed by atoms with E-state index < -0.39 is 11.2 Å². The molecular weight excluding hydrogens is 481 g/mol. The highest BCUT2D eigenvalue weighted by Gasteiger charge is 2.29. The quantitative estimate of drug-likeness (QED) is 0.447. The van der Waals surface area contributed by atoms with E-state index in [1.165, 1.54) is 35.0 Å². The number of thioether (sulfide) groups is 1. The van der Waals surface area contributed by atoms with E-state index in [9.17, 15) is 27.9 Å². The Morgan fingerprint density at radius 2 is 1.86 bits per heavy atom. The number of nitrogens with one attached hydrogen (secondary N) is 1. The van der Waals surface area contributed by atoms with E-state index in [1.807, 2.05) is 0 Å². The Morgan fingerprint density at radius 3 is 2.51 bits per heavy atom. The molecule has 11 heteroatoms. The summed E-state index contributed by atoms with van der Waals surface area (Å²) in [7, 11) is 0. The number of pyridine rings is 1. The van der Waals surface area contributed by atoms with Crippen molar-refractivity contribution in [1.29, 1.82) is 0 Å². The molecule has 3 aromatic rings. The van der Waals surface area contributed by atoms with E-state index in [0.717, 1.165) is 36.7 Å². The second kappa shape index (κ2) is 10.2. The minimum atomic E-state index is -4.42. The minimum absolute atomic E-state index is 0.0277. The Morgan fingerprint density at radius 1 is 1.17 bits per heavy atom. The van der Waals surface area contributed by atoms with E-state index in [2.05, 4.69) is 10.3 Å². The number of carbonyl (C=O) groups excluding carboxylic acids is 1. The van der Waals surface area contributed by atoms with Crippen LogP contribution in [0.3, 0.4) is 0 Å². The molecule has 1 fully saturated rings. The van der Waals surface area contributed by atoms with Crippen molar-refractivity contribution in [2.75, 3.05) is 5.32 Å². The number of imidazole rings is 1. The molecule has 0 saturated heterocycles. The molecule has 2 aromatic heterocycles. The third kappa shape index (κ3) is 5.72. The maximum Gasteiger partial charge on any atom is 0.446 e. The monoisotopic (exact) mass is 506 g/mol. The van der Waals surface area contributed by atoms with Crippen LogP contribution in [0.5, 0.6) is 5.88 Å². The average Bonchev–Trinajstić information content (AvgIpc) is 3.03. The van der Waals surface area contributed by atoms with Crippen LogP contribution in [0.1, 0.15) is 43.4 Å². The standard InChI is InChI=1S/C24H25F3N4O3S/c1-15-22(33)31(18-7-9-19(10-8-18)35-24(25,26)27)23(34)30(15)14-17-11-12-28-13-20(17)29-21(32)16-5-3-2-4-6-16/h7-13,16,33H,2-6,14H2,1H3,(H,29,32). The van der Waals surface area contributed by atoms with Gasteiger partial charge in [0.2, 0.25) is 11.8 Å². The van der Waals surface area contributed by atoms with Gasteiger partial charge < -0.3 is 10.4 Å². The molecule has 0 bridgehead atoms. The van der Waals surface area contributed by atoms with Gasteiger partial charge in [-0.25, -0.2) is 9.36 Å². The first-order chi connectivity index (χ1) is 16.6. The van der Waals surface area contributed by atoms with Crippen molar-refractivity contribution in [2.45, 2.75) is 56.0 Å². The molecule has 4 rings (SSSR count). The molecule has 1 saturated carbocycles. The predicted molar refractivity (Wildman–Crippen MR) is 127 cm³/mol. The minimum Gasteiger partial charge on any atom is -0.493 e. The topological polar surface area (TPSA) is 89.2 Å². The SMILES string of the molecule is Cc1c(O)n(-c2ccc(SC(F)(F)F)cc2)c(=O)n1Cc1ccncc1NC(=O)C1CCCCC1. The summed E-state index contributed by atoms with van der Waals surface area (Å²) in [6.45, 7) is 1.64. The fourth-order valence-electron chi connectivity index (χ4n) is 4.30. The molecule has 1 aromatic carbocycles. The fraction of sp³-hybridized carbons (Fsp3) is 0.375. The van der Waals surface area contributed by atoms with Crippen LogP contribution in [0, 0.1) is 12.8 Å². The largest absolute Gasteiger partial charge is 0.493 e. The third-order valence-electron chi connectivity index (χ3n) is 6.16. The van der Waals surface area contributed by atoms with Gasteiger partial charge in [0.05, 0.1) is 29.8 Å². The zero-order valence-corrected chi connectivity index (χ0v) is 19.8. The second-order valence-corrected chi connectivity index (χ2v) is 9.65. The van der Waals surface area contributed by atoms with Crippen LogP contribution in [0.15, 0.2) is 52.4 Å². The van der Waals surface area contributed by atoms with Gasteiger partial charge in [0, 0.05) is 17.0 Å². The van der Waals surface area contributed by atoms with Crippen molar-refractivity contribution in [2.24, 2.45) is 5.92 Å². The number of benzene rings is 1. The Bertz CT molecular complexity index is 1260. The smallest absolute Gasteiger partial charge is 0.446 e. The van der Waals surface area contributed by atoms with Crippen LogP contribution in [0.4, 0.5) is 18.9 Å². The number of aromatic nitrogens is 3. The molecule has 186 valence electrons. The van der Waals surface area contributed by atoms with Gasteiger partial charge in [-0.1, -0.05) is 19.3 Å². The molecule has 7 nitrogen and oxygen atoms in total. The number of rotatable bonds is 6. The van der Waals surface area contributed by atoms with Crippen LogP contribution in [-0.4, -0.2) is 30.6 Å². The van der Waals surface area contributed by atoms with Gasteiger partial charge in [-0.3, -0.25) is 14.3 Å². The van der Waals surface area contributed by atoms with Crippen molar-refractivity contribution in [1.82, 2.24) is 14.1 Å². The number of alkyl halides is 3. The molecule has 0 spiro atoms. The molecule has 2 N–H and O–H groups in total. The second-order valence-electron chi connectivity index (χ2n) is 8.51. The van der Waals surface area contributed by atoms with E-state index in [4.69, 9.17) is 0 Å². The zero-order chi connectivity index (χ0) is 25.2. The maximum absolute atomic E-state index is 13.2. The highest BCUT2D eigenvalue weighted by Crippen LogP contribution is 2.37. The maximum atomic E-state index is 13.2. The summed E-state index contributed by atoms with van der Waals surface area (Å²) in [6.07, 6.45) is 7.96. The molecule has 1 amide bonds. The number of halogens is 3. The first-order valence-electron chi connectivity index (χ1n) is 11.2. The zero-order valence-electron chi connectivity index (χ0n) is 19.0. The summed E-state index contributed by atoms with van der Waals surface area (Å²) in [6, 6.07) is 6.88. The van der Waals surface area contributed by atoms with Crippen LogP contribution in [0.25, 0.3) is 5.69 Å². The van der Waals surface area contributed by atoms with Crippen molar-refractivity contribution < 1.29 is 23.1 Å². The number of hydrogen-bond acceptors (Lipinski definition) is 5. The van der Waals surface area contributed by atoms with Gasteiger partial charge in [-0.05, 0) is 67.4 Å². The first kappa shape index (κ1) is 24.9. The molecule has 2 heterocycles. The summed E-state index contributed by atoms with van der Waals surface area (Å²) in [4.78, 5) is 30.0. The van der Waals surface area contributed by atoms with Crippen LogP contribution in [-0.2, 0) is 11.3 Å². The van der Waals surface area contributed by atoms with Crippen molar-refractivity contribution in [3.8, 4) is 11.6 Å². The number of aromatic hydroxyl groups is 1. The van der Waals surface area contributed by atoms with Crippen LogP contribution < -0.4 is 11.0 Å². The highest BCUT2D eigenvalue weighted by molar-refractivity contribution is 8.00. The van der Waals surface area contributed by atoms with Crippen LogP contribution in [0.2, 0.25) is 0 Å². The number of carbonyl (C=O) groups is 1. The summed E-state index contributed by atoms with van der Waals surface area (Å²) in [5.41, 5.74) is -3.32. The van der Waals surface area contributed by atoms with E-state index in [-0.39, 0.29) is 52.3 Å². The van der Waals surface area contributed by atoms with Gasteiger partial charge in [-0.15, -0.1) is 0 Å². The Kier molecular flexibility index (Phi) is 7.25. The first-order valence-corrected chi connectivity index (χ1v) is 12.1. The third-order valence-corrected chi connectivity index (χ3v) is 6.90. The molecule has 0 atom stereocenters. The molecule has 1 aliphatic rings.